The lowest BCUT2D eigenvalue weighted by Crippen LogP contribution is -2.20. The molecular formula is C7H9F3N4OS. The maximum Gasteiger partial charge on any atom is 0.445 e. The van der Waals surface area contributed by atoms with Gasteiger partial charge in [0.25, 0.3) is 0 Å². The van der Waals surface area contributed by atoms with Crippen LogP contribution in [0.1, 0.15) is 11.4 Å². The van der Waals surface area contributed by atoms with Gasteiger partial charge < -0.3 is 10.6 Å². The maximum absolute atomic E-state index is 12.1. The summed E-state index contributed by atoms with van der Waals surface area (Å²) in [5.74, 6) is -0.201. The number of rotatable bonds is 4. The Hall–Kier alpha value is -1.38. The Morgan fingerprint density at radius 2 is 2.12 bits per heavy atom. The standard InChI is InChI=1S/C7H9F3N4OS/c1-11-4(15)2-3-12-6-14-13-5(16-6)7(8,9)10/h2-3H2,1H3,(H,11,15)(H,12,14). The lowest BCUT2D eigenvalue weighted by Gasteiger charge is -2.00. The highest BCUT2D eigenvalue weighted by Gasteiger charge is 2.35. The molecule has 0 saturated heterocycles. The summed E-state index contributed by atoms with van der Waals surface area (Å²) in [6.45, 7) is 0.214. The number of amides is 1. The number of nitrogens with zero attached hydrogens (tertiary/aromatic N) is 2. The molecule has 0 saturated carbocycles. The lowest BCUT2D eigenvalue weighted by molar-refractivity contribution is -0.138. The minimum atomic E-state index is -4.47. The minimum absolute atomic E-state index is 0.0521. The second-order valence-electron chi connectivity index (χ2n) is 2.76. The molecule has 1 rings (SSSR count). The summed E-state index contributed by atoms with van der Waals surface area (Å²) in [5.41, 5.74) is 0. The van der Waals surface area contributed by atoms with Gasteiger partial charge in [0.15, 0.2) is 0 Å². The Labute approximate surface area is 93.1 Å². The molecule has 1 amide bonds. The number of halogens is 3. The average Bonchev–Trinajstić information content (AvgIpc) is 2.65. The van der Waals surface area contributed by atoms with E-state index < -0.39 is 11.2 Å². The van der Waals surface area contributed by atoms with Crippen molar-refractivity contribution in [3.05, 3.63) is 5.01 Å². The summed E-state index contributed by atoms with van der Waals surface area (Å²) in [5, 5.41) is 10.3. The third kappa shape index (κ3) is 3.65. The topological polar surface area (TPSA) is 66.9 Å². The molecule has 5 nitrogen and oxygen atoms in total. The lowest BCUT2D eigenvalue weighted by atomic mass is 10.4. The van der Waals surface area contributed by atoms with E-state index in [1.807, 2.05) is 0 Å². The Kier molecular flexibility index (Phi) is 4.05. The molecule has 1 heterocycles. The van der Waals surface area contributed by atoms with Crippen LogP contribution < -0.4 is 10.6 Å². The van der Waals surface area contributed by atoms with Gasteiger partial charge in [0.1, 0.15) is 0 Å². The number of hydrogen-bond acceptors (Lipinski definition) is 5. The molecular weight excluding hydrogens is 245 g/mol. The molecule has 0 spiro atoms. The first kappa shape index (κ1) is 12.7. The van der Waals surface area contributed by atoms with Crippen LogP contribution in [0.4, 0.5) is 18.3 Å². The van der Waals surface area contributed by atoms with Gasteiger partial charge in [0.2, 0.25) is 16.0 Å². The fourth-order valence-corrected chi connectivity index (χ4v) is 1.45. The number of alkyl halides is 3. The van der Waals surface area contributed by atoms with Crippen molar-refractivity contribution in [2.24, 2.45) is 0 Å². The van der Waals surface area contributed by atoms with E-state index in [0.717, 1.165) is 0 Å². The highest BCUT2D eigenvalue weighted by molar-refractivity contribution is 7.15. The van der Waals surface area contributed by atoms with Crippen LogP contribution in [-0.2, 0) is 11.0 Å². The summed E-state index contributed by atoms with van der Waals surface area (Å²) in [6.07, 6.45) is -4.31. The average molecular weight is 254 g/mol. The van der Waals surface area contributed by atoms with Crippen molar-refractivity contribution in [1.29, 1.82) is 0 Å². The van der Waals surface area contributed by atoms with E-state index in [4.69, 9.17) is 0 Å². The summed E-state index contributed by atoms with van der Waals surface area (Å²) in [6, 6.07) is 0. The second-order valence-corrected chi connectivity index (χ2v) is 3.74. The monoisotopic (exact) mass is 254 g/mol. The Morgan fingerprint density at radius 1 is 1.44 bits per heavy atom. The van der Waals surface area contributed by atoms with Gasteiger partial charge >= 0.3 is 6.18 Å². The van der Waals surface area contributed by atoms with Crippen LogP contribution in [0.3, 0.4) is 0 Å². The van der Waals surface area contributed by atoms with E-state index >= 15 is 0 Å². The van der Waals surface area contributed by atoms with Crippen molar-refractivity contribution in [2.75, 3.05) is 18.9 Å². The van der Waals surface area contributed by atoms with Crippen molar-refractivity contribution in [1.82, 2.24) is 15.5 Å². The number of hydrogen-bond donors (Lipinski definition) is 2. The molecule has 0 aliphatic heterocycles. The quantitative estimate of drug-likeness (QED) is 0.844. The summed E-state index contributed by atoms with van der Waals surface area (Å²) >= 11 is 0.409. The van der Waals surface area contributed by atoms with E-state index in [1.54, 1.807) is 0 Å². The van der Waals surface area contributed by atoms with Gasteiger partial charge in [-0.25, -0.2) is 0 Å². The SMILES string of the molecule is CNC(=O)CCNc1nnc(C(F)(F)F)s1. The third-order valence-corrected chi connectivity index (χ3v) is 2.50. The molecule has 0 aliphatic rings. The molecule has 0 bridgehead atoms. The van der Waals surface area contributed by atoms with Gasteiger partial charge in [-0.3, -0.25) is 4.79 Å². The van der Waals surface area contributed by atoms with Crippen LogP contribution in [0.15, 0.2) is 0 Å². The van der Waals surface area contributed by atoms with Crippen molar-refractivity contribution in [2.45, 2.75) is 12.6 Å². The smallest absolute Gasteiger partial charge is 0.360 e. The van der Waals surface area contributed by atoms with Gasteiger partial charge in [0.05, 0.1) is 0 Å². The highest BCUT2D eigenvalue weighted by Crippen LogP contribution is 2.32. The molecule has 0 unspecified atom stereocenters. The third-order valence-electron chi connectivity index (χ3n) is 1.57. The maximum atomic E-state index is 12.1. The van der Waals surface area contributed by atoms with E-state index in [1.165, 1.54) is 7.05 Å². The van der Waals surface area contributed by atoms with Crippen LogP contribution in [0, 0.1) is 0 Å². The summed E-state index contributed by atoms with van der Waals surface area (Å²) < 4.78 is 36.4. The predicted octanol–water partition coefficient (Wildman–Crippen LogP) is 1.10. The number of carbonyl (C=O) groups excluding carboxylic acids is 1. The highest BCUT2D eigenvalue weighted by atomic mass is 32.1. The second kappa shape index (κ2) is 5.10. The number of carbonyl (C=O) groups is 1. The predicted molar refractivity (Wildman–Crippen MR) is 52.1 cm³/mol. The molecule has 0 fully saturated rings. The zero-order valence-electron chi connectivity index (χ0n) is 8.26. The molecule has 9 heteroatoms. The van der Waals surface area contributed by atoms with Crippen LogP contribution >= 0.6 is 11.3 Å². The Morgan fingerprint density at radius 3 is 2.62 bits per heavy atom. The molecule has 0 atom stereocenters. The summed E-state index contributed by atoms with van der Waals surface area (Å²) in [7, 11) is 1.48. The van der Waals surface area contributed by atoms with Crippen molar-refractivity contribution >= 4 is 22.4 Å². The first-order valence-electron chi connectivity index (χ1n) is 4.28. The molecule has 16 heavy (non-hydrogen) atoms. The largest absolute Gasteiger partial charge is 0.445 e. The van der Waals surface area contributed by atoms with E-state index in [-0.39, 0.29) is 24.0 Å². The van der Waals surface area contributed by atoms with Crippen LogP contribution in [-0.4, -0.2) is 29.7 Å². The minimum Gasteiger partial charge on any atom is -0.360 e. The van der Waals surface area contributed by atoms with E-state index in [9.17, 15) is 18.0 Å². The molecule has 90 valence electrons. The number of anilines is 1. The Balaban J connectivity index is 2.44. The molecule has 2 N–H and O–H groups in total. The van der Waals surface area contributed by atoms with Gasteiger partial charge in [0, 0.05) is 20.0 Å². The first-order valence-corrected chi connectivity index (χ1v) is 5.10. The van der Waals surface area contributed by atoms with E-state index in [0.29, 0.717) is 11.3 Å². The van der Waals surface area contributed by atoms with Crippen LogP contribution in [0.25, 0.3) is 0 Å². The fraction of sp³-hybridized carbons (Fsp3) is 0.571. The fourth-order valence-electron chi connectivity index (χ4n) is 0.817. The zero-order chi connectivity index (χ0) is 12.2. The van der Waals surface area contributed by atoms with Gasteiger partial charge in [-0.1, -0.05) is 11.3 Å². The normalized spacial score (nSPS) is 11.2. The number of nitrogens with one attached hydrogen (secondary N) is 2. The van der Waals surface area contributed by atoms with Crippen molar-refractivity contribution < 1.29 is 18.0 Å². The molecule has 0 radical (unpaired) electrons. The number of aromatic nitrogens is 2. The van der Waals surface area contributed by atoms with Crippen molar-refractivity contribution in [3.8, 4) is 0 Å². The van der Waals surface area contributed by atoms with Crippen LogP contribution in [0.2, 0.25) is 0 Å². The zero-order valence-corrected chi connectivity index (χ0v) is 9.08. The van der Waals surface area contributed by atoms with Crippen LogP contribution in [0.5, 0.6) is 0 Å². The van der Waals surface area contributed by atoms with Gasteiger partial charge in [-0.2, -0.15) is 13.2 Å². The van der Waals surface area contributed by atoms with E-state index in [2.05, 4.69) is 20.8 Å². The molecule has 1 aromatic rings. The van der Waals surface area contributed by atoms with Gasteiger partial charge in [-0.15, -0.1) is 10.2 Å². The molecule has 0 aromatic carbocycles. The van der Waals surface area contributed by atoms with Gasteiger partial charge in [-0.05, 0) is 0 Å². The molecule has 1 aromatic heterocycles. The molecule has 0 aliphatic carbocycles. The summed E-state index contributed by atoms with van der Waals surface area (Å²) in [4.78, 5) is 10.8. The Bertz CT molecular complexity index is 365. The first-order chi connectivity index (χ1) is 7.43. The van der Waals surface area contributed by atoms with Crippen molar-refractivity contribution in [3.63, 3.8) is 0 Å².